The molecule has 2 atom stereocenters. The maximum absolute atomic E-state index is 13.8. The first-order valence-corrected chi connectivity index (χ1v) is 13.5. The summed E-state index contributed by atoms with van der Waals surface area (Å²) in [5, 5.41) is 0.280. The van der Waals surface area contributed by atoms with Crippen molar-refractivity contribution in [1.29, 1.82) is 0 Å². The van der Waals surface area contributed by atoms with E-state index in [0.717, 1.165) is 42.4 Å². The minimum Gasteiger partial charge on any atom is -0.207 e. The predicted octanol–water partition coefficient (Wildman–Crippen LogP) is 6.51. The second-order valence-corrected chi connectivity index (χ2v) is 11.7. The van der Waals surface area contributed by atoms with Crippen LogP contribution in [0.15, 0.2) is 52.3 Å². The smallest absolute Gasteiger partial charge is 0.207 e. The van der Waals surface area contributed by atoms with Crippen molar-refractivity contribution in [2.45, 2.75) is 87.3 Å². The molecule has 0 N–H and O–H groups in total. The zero-order valence-electron chi connectivity index (χ0n) is 18.7. The van der Waals surface area contributed by atoms with Crippen LogP contribution in [0.4, 0.5) is 0 Å². The van der Waals surface area contributed by atoms with E-state index in [0.29, 0.717) is 11.4 Å². The lowest BCUT2D eigenvalue weighted by Crippen LogP contribution is -2.42. The average Bonchev–Trinajstić information content (AvgIpc) is 3.18. The summed E-state index contributed by atoms with van der Waals surface area (Å²) in [6.45, 7) is 8.72. The molecule has 3 rings (SSSR count). The molecule has 0 spiro atoms. The minimum absolute atomic E-state index is 0.0529. The SMILES string of the molecule is CCCCC[C@@H](Sc1ccccc1)[C@@H]1CCCN1S(=O)(=O)c1c(C)cc(C)cc1C. The highest BCUT2D eigenvalue weighted by Crippen LogP contribution is 2.39. The van der Waals surface area contributed by atoms with E-state index in [2.05, 4.69) is 31.2 Å². The van der Waals surface area contributed by atoms with E-state index < -0.39 is 10.0 Å². The molecular formula is C25H35NO2S2. The number of thioether (sulfide) groups is 1. The Morgan fingerprint density at radius 3 is 2.37 bits per heavy atom. The van der Waals surface area contributed by atoms with Crippen molar-refractivity contribution in [2.75, 3.05) is 6.54 Å². The molecule has 1 aliphatic rings. The van der Waals surface area contributed by atoms with Gasteiger partial charge in [-0.25, -0.2) is 8.42 Å². The molecule has 2 aromatic rings. The second kappa shape index (κ2) is 10.3. The summed E-state index contributed by atoms with van der Waals surface area (Å²) in [6.07, 6.45) is 6.45. The van der Waals surface area contributed by atoms with Crippen LogP contribution in [0.1, 0.15) is 62.1 Å². The first-order valence-electron chi connectivity index (χ1n) is 11.2. The van der Waals surface area contributed by atoms with Gasteiger partial charge in [0.2, 0.25) is 10.0 Å². The highest BCUT2D eigenvalue weighted by atomic mass is 32.2. The van der Waals surface area contributed by atoms with Crippen molar-refractivity contribution in [3.05, 3.63) is 59.2 Å². The average molecular weight is 446 g/mol. The van der Waals surface area contributed by atoms with Crippen LogP contribution in [-0.2, 0) is 10.0 Å². The number of nitrogens with zero attached hydrogens (tertiary/aromatic N) is 1. The Balaban J connectivity index is 1.92. The summed E-state index contributed by atoms with van der Waals surface area (Å²) in [6, 6.07) is 14.5. The lowest BCUT2D eigenvalue weighted by molar-refractivity contribution is 0.367. The van der Waals surface area contributed by atoms with Crippen LogP contribution in [0, 0.1) is 20.8 Å². The summed E-state index contributed by atoms with van der Waals surface area (Å²) < 4.78 is 29.4. The Kier molecular flexibility index (Phi) is 8.05. The summed E-state index contributed by atoms with van der Waals surface area (Å²) in [7, 11) is -3.51. The van der Waals surface area contributed by atoms with E-state index in [9.17, 15) is 8.42 Å². The fourth-order valence-corrected chi connectivity index (χ4v) is 8.34. The molecule has 1 heterocycles. The van der Waals surface area contributed by atoms with Crippen molar-refractivity contribution in [3.8, 4) is 0 Å². The zero-order chi connectivity index (χ0) is 21.7. The van der Waals surface area contributed by atoms with Gasteiger partial charge in [-0.2, -0.15) is 4.31 Å². The summed E-state index contributed by atoms with van der Waals surface area (Å²) in [5.41, 5.74) is 2.83. The molecule has 0 aliphatic carbocycles. The van der Waals surface area contributed by atoms with E-state index in [1.165, 1.54) is 17.7 Å². The molecule has 0 aromatic heterocycles. The van der Waals surface area contributed by atoms with Gasteiger partial charge in [0.25, 0.3) is 0 Å². The zero-order valence-corrected chi connectivity index (χ0v) is 20.4. The molecule has 0 radical (unpaired) electrons. The highest BCUT2D eigenvalue weighted by molar-refractivity contribution is 8.00. The predicted molar refractivity (Wildman–Crippen MR) is 128 cm³/mol. The molecule has 1 fully saturated rings. The monoisotopic (exact) mass is 445 g/mol. The van der Waals surface area contributed by atoms with Gasteiger partial charge in [-0.05, 0) is 63.3 Å². The fourth-order valence-electron chi connectivity index (χ4n) is 4.73. The van der Waals surface area contributed by atoms with Crippen molar-refractivity contribution in [3.63, 3.8) is 0 Å². The molecule has 0 bridgehead atoms. The third-order valence-corrected chi connectivity index (χ3v) is 9.60. The summed E-state index contributed by atoms with van der Waals surface area (Å²) in [4.78, 5) is 1.74. The van der Waals surface area contributed by atoms with Gasteiger partial charge in [0.05, 0.1) is 4.90 Å². The van der Waals surface area contributed by atoms with Gasteiger partial charge < -0.3 is 0 Å². The second-order valence-electron chi connectivity index (χ2n) is 8.52. The van der Waals surface area contributed by atoms with Gasteiger partial charge in [0.15, 0.2) is 0 Å². The van der Waals surface area contributed by atoms with Gasteiger partial charge in [-0.1, -0.05) is 62.1 Å². The van der Waals surface area contributed by atoms with Gasteiger partial charge in [-0.15, -0.1) is 11.8 Å². The largest absolute Gasteiger partial charge is 0.243 e. The Morgan fingerprint density at radius 2 is 1.73 bits per heavy atom. The first kappa shape index (κ1) is 23.4. The van der Waals surface area contributed by atoms with E-state index in [1.807, 2.05) is 55.0 Å². The molecular weight excluding hydrogens is 410 g/mol. The minimum atomic E-state index is -3.51. The standard InChI is InChI=1S/C25H35NO2S2/c1-5-6-8-15-24(29-22-12-9-7-10-13-22)23-14-11-16-26(23)30(27,28)25-20(3)17-19(2)18-21(25)4/h7,9-10,12-13,17-18,23-24H,5-6,8,11,14-16H2,1-4H3/t23-,24+/m0/s1. The number of sulfonamides is 1. The van der Waals surface area contributed by atoms with Crippen molar-refractivity contribution < 1.29 is 8.42 Å². The molecule has 164 valence electrons. The fraction of sp³-hybridized carbons (Fsp3) is 0.520. The van der Waals surface area contributed by atoms with Gasteiger partial charge in [0.1, 0.15) is 0 Å². The van der Waals surface area contributed by atoms with Crippen LogP contribution < -0.4 is 0 Å². The number of hydrogen-bond acceptors (Lipinski definition) is 3. The molecule has 0 amide bonds. The lowest BCUT2D eigenvalue weighted by atomic mass is 10.1. The third-order valence-electron chi connectivity index (χ3n) is 5.97. The number of aryl methyl sites for hydroxylation is 3. The molecule has 0 saturated carbocycles. The van der Waals surface area contributed by atoms with Gasteiger partial charge >= 0.3 is 0 Å². The highest BCUT2D eigenvalue weighted by Gasteiger charge is 2.40. The maximum atomic E-state index is 13.8. The van der Waals surface area contributed by atoms with Crippen molar-refractivity contribution >= 4 is 21.8 Å². The topological polar surface area (TPSA) is 37.4 Å². The van der Waals surface area contributed by atoms with Crippen LogP contribution in [0.2, 0.25) is 0 Å². The van der Waals surface area contributed by atoms with Crippen LogP contribution in [-0.4, -0.2) is 30.6 Å². The van der Waals surface area contributed by atoms with Crippen molar-refractivity contribution in [2.24, 2.45) is 0 Å². The number of hydrogen-bond donors (Lipinski definition) is 0. The van der Waals surface area contributed by atoms with Crippen LogP contribution in [0.3, 0.4) is 0 Å². The number of rotatable bonds is 9. The Labute approximate surface area is 187 Å². The quantitative estimate of drug-likeness (QED) is 0.326. The molecule has 30 heavy (non-hydrogen) atoms. The van der Waals surface area contributed by atoms with E-state index >= 15 is 0 Å². The first-order chi connectivity index (χ1) is 14.3. The Bertz CT molecular complexity index is 918. The van der Waals surface area contributed by atoms with E-state index in [4.69, 9.17) is 0 Å². The Morgan fingerprint density at radius 1 is 1.07 bits per heavy atom. The number of benzene rings is 2. The molecule has 0 unspecified atom stereocenters. The van der Waals surface area contributed by atoms with Crippen LogP contribution in [0.25, 0.3) is 0 Å². The maximum Gasteiger partial charge on any atom is 0.243 e. The molecule has 5 heteroatoms. The molecule has 1 aliphatic heterocycles. The number of unbranched alkanes of at least 4 members (excludes halogenated alkanes) is 2. The normalized spacial score (nSPS) is 18.6. The summed E-state index contributed by atoms with van der Waals surface area (Å²) in [5.74, 6) is 0. The van der Waals surface area contributed by atoms with Crippen molar-refractivity contribution in [1.82, 2.24) is 4.31 Å². The third kappa shape index (κ3) is 5.30. The van der Waals surface area contributed by atoms with Gasteiger partial charge in [0, 0.05) is 22.7 Å². The lowest BCUT2D eigenvalue weighted by Gasteiger charge is -2.32. The molecule has 1 saturated heterocycles. The van der Waals surface area contributed by atoms with Crippen LogP contribution in [0.5, 0.6) is 0 Å². The Hall–Kier alpha value is -1.30. The van der Waals surface area contributed by atoms with Crippen LogP contribution >= 0.6 is 11.8 Å². The summed E-state index contributed by atoms with van der Waals surface area (Å²) >= 11 is 1.86. The van der Waals surface area contributed by atoms with Gasteiger partial charge in [-0.3, -0.25) is 0 Å². The van der Waals surface area contributed by atoms with E-state index in [-0.39, 0.29) is 11.3 Å². The van der Waals surface area contributed by atoms with E-state index in [1.54, 1.807) is 0 Å². The molecule has 2 aromatic carbocycles. The molecule has 3 nitrogen and oxygen atoms in total.